The molecule has 0 saturated carbocycles. The zero-order valence-electron chi connectivity index (χ0n) is 15.1. The van der Waals surface area contributed by atoms with E-state index in [1.54, 1.807) is 4.90 Å². The zero-order chi connectivity index (χ0) is 19.1. The third-order valence-electron chi connectivity index (χ3n) is 4.61. The van der Waals surface area contributed by atoms with Gasteiger partial charge in [0.05, 0.1) is 11.4 Å². The lowest BCUT2D eigenvalue weighted by atomic mass is 10.1. The Kier molecular flexibility index (Phi) is 4.35. The summed E-state index contributed by atoms with van der Waals surface area (Å²) in [5, 5.41) is 9.43. The van der Waals surface area contributed by atoms with Gasteiger partial charge >= 0.3 is 5.97 Å². The quantitative estimate of drug-likeness (QED) is 0.727. The van der Waals surface area contributed by atoms with Crippen molar-refractivity contribution in [2.75, 3.05) is 18.1 Å². The lowest BCUT2D eigenvalue weighted by Crippen LogP contribution is -2.38. The monoisotopic (exact) mass is 385 g/mol. The number of carbonyl (C=O) groups excluding carboxylic acids is 1. The Labute approximate surface area is 159 Å². The summed E-state index contributed by atoms with van der Waals surface area (Å²) in [6.45, 7) is 4.57. The van der Waals surface area contributed by atoms with Gasteiger partial charge in [0, 0.05) is 24.0 Å². The summed E-state index contributed by atoms with van der Waals surface area (Å²) in [6.07, 6.45) is 3.39. The Bertz CT molecular complexity index is 1050. The van der Waals surface area contributed by atoms with E-state index in [0.717, 1.165) is 29.1 Å². The average molecular weight is 385 g/mol. The number of aromatic carboxylic acids is 1. The summed E-state index contributed by atoms with van der Waals surface area (Å²) in [6, 6.07) is 5.66. The number of likely N-dealkylation sites (N-methyl/N-ethyl adjacent to an activating group) is 1. The molecular weight excluding hydrogens is 366 g/mol. The molecule has 1 N–H and O–H groups in total. The predicted octanol–water partition coefficient (Wildman–Crippen LogP) is 3.46. The molecule has 0 fully saturated rings. The molecule has 3 aromatic rings. The van der Waals surface area contributed by atoms with Gasteiger partial charge in [-0.3, -0.25) is 9.20 Å². The average Bonchev–Trinajstić information content (AvgIpc) is 3.21. The Morgan fingerprint density at radius 1 is 1.37 bits per heavy atom. The van der Waals surface area contributed by atoms with E-state index < -0.39 is 5.97 Å². The van der Waals surface area contributed by atoms with E-state index in [9.17, 15) is 14.7 Å². The van der Waals surface area contributed by atoms with Crippen molar-refractivity contribution in [1.82, 2.24) is 9.38 Å². The summed E-state index contributed by atoms with van der Waals surface area (Å²) in [5.74, 6) is -0.302. The van der Waals surface area contributed by atoms with Gasteiger partial charge in [-0.1, -0.05) is 24.7 Å². The van der Waals surface area contributed by atoms with Crippen LogP contribution in [0.1, 0.15) is 35.6 Å². The van der Waals surface area contributed by atoms with E-state index in [1.165, 1.54) is 11.3 Å². The van der Waals surface area contributed by atoms with Crippen LogP contribution in [0.25, 0.3) is 16.2 Å². The topological polar surface area (TPSA) is 84.1 Å². The number of benzene rings is 1. The highest BCUT2D eigenvalue weighted by molar-refractivity contribution is 7.19. The van der Waals surface area contributed by atoms with E-state index in [0.29, 0.717) is 28.6 Å². The van der Waals surface area contributed by atoms with E-state index >= 15 is 0 Å². The number of carboxylic acid groups (broad SMARTS) is 1. The fraction of sp³-hybridized carbons (Fsp3) is 0.316. The molecular formula is C19H19N3O4S. The first-order valence-electron chi connectivity index (χ1n) is 8.85. The SMILES string of the molecule is CCCc1c(C(=O)O)sc2nc(-c3ccc4c(c3)N(CC)C(=O)CO4)cn12. The smallest absolute Gasteiger partial charge is 0.347 e. The number of nitrogens with zero attached hydrogens (tertiary/aromatic N) is 3. The van der Waals surface area contributed by atoms with Crippen molar-refractivity contribution >= 4 is 33.9 Å². The van der Waals surface area contributed by atoms with Gasteiger partial charge in [-0.2, -0.15) is 0 Å². The molecule has 140 valence electrons. The van der Waals surface area contributed by atoms with Gasteiger partial charge in [-0.25, -0.2) is 9.78 Å². The molecule has 1 aromatic carbocycles. The van der Waals surface area contributed by atoms with Crippen molar-refractivity contribution in [3.05, 3.63) is 35.0 Å². The highest BCUT2D eigenvalue weighted by atomic mass is 32.1. The minimum Gasteiger partial charge on any atom is -0.482 e. The molecule has 0 aliphatic carbocycles. The van der Waals surface area contributed by atoms with Crippen molar-refractivity contribution in [3.63, 3.8) is 0 Å². The number of aromatic nitrogens is 2. The van der Waals surface area contributed by atoms with Crippen LogP contribution in [-0.4, -0.2) is 39.5 Å². The lowest BCUT2D eigenvalue weighted by molar-refractivity contribution is -0.121. The number of aryl methyl sites for hydroxylation is 1. The van der Waals surface area contributed by atoms with Crippen LogP contribution in [0.5, 0.6) is 5.75 Å². The fourth-order valence-electron chi connectivity index (χ4n) is 3.37. The number of hydrogen-bond donors (Lipinski definition) is 1. The number of amides is 1. The maximum absolute atomic E-state index is 12.1. The number of anilines is 1. The highest BCUT2D eigenvalue weighted by Crippen LogP contribution is 2.36. The Morgan fingerprint density at radius 2 is 2.19 bits per heavy atom. The minimum atomic E-state index is -0.918. The second-order valence-electron chi connectivity index (χ2n) is 6.32. The predicted molar refractivity (Wildman–Crippen MR) is 103 cm³/mol. The lowest BCUT2D eigenvalue weighted by Gasteiger charge is -2.28. The van der Waals surface area contributed by atoms with E-state index in [-0.39, 0.29) is 12.5 Å². The highest BCUT2D eigenvalue weighted by Gasteiger charge is 2.25. The summed E-state index contributed by atoms with van der Waals surface area (Å²) in [5.41, 5.74) is 3.12. The zero-order valence-corrected chi connectivity index (χ0v) is 15.9. The summed E-state index contributed by atoms with van der Waals surface area (Å²) in [7, 11) is 0. The molecule has 0 bridgehead atoms. The van der Waals surface area contributed by atoms with Crippen LogP contribution in [-0.2, 0) is 11.2 Å². The maximum Gasteiger partial charge on any atom is 0.347 e. The molecule has 27 heavy (non-hydrogen) atoms. The Morgan fingerprint density at radius 3 is 2.89 bits per heavy atom. The molecule has 0 saturated heterocycles. The van der Waals surface area contributed by atoms with Gasteiger partial charge in [-0.15, -0.1) is 0 Å². The Hall–Kier alpha value is -2.87. The normalized spacial score (nSPS) is 13.7. The van der Waals surface area contributed by atoms with Crippen LogP contribution >= 0.6 is 11.3 Å². The molecule has 0 unspecified atom stereocenters. The minimum absolute atomic E-state index is 0.0543. The number of hydrogen-bond acceptors (Lipinski definition) is 5. The van der Waals surface area contributed by atoms with Crippen LogP contribution in [0.4, 0.5) is 5.69 Å². The number of thiazole rings is 1. The molecule has 3 heterocycles. The summed E-state index contributed by atoms with van der Waals surface area (Å²) in [4.78, 5) is 30.9. The molecule has 1 amide bonds. The van der Waals surface area contributed by atoms with E-state index in [1.807, 2.05) is 42.6 Å². The van der Waals surface area contributed by atoms with Crippen LogP contribution in [0, 0.1) is 0 Å². The molecule has 7 nitrogen and oxygen atoms in total. The van der Waals surface area contributed by atoms with Crippen molar-refractivity contribution < 1.29 is 19.4 Å². The standard InChI is InChI=1S/C19H19N3O4S/c1-3-5-13-17(18(24)25)27-19-20-12(9-22(13)19)11-6-7-15-14(8-11)21(4-2)16(23)10-26-15/h6-9H,3-5,10H2,1-2H3,(H,24,25). The molecule has 0 radical (unpaired) electrons. The number of ether oxygens (including phenoxy) is 1. The second-order valence-corrected chi connectivity index (χ2v) is 7.30. The molecule has 1 aliphatic rings. The van der Waals surface area contributed by atoms with Gasteiger partial charge < -0.3 is 14.7 Å². The van der Waals surface area contributed by atoms with Crippen LogP contribution in [0.2, 0.25) is 0 Å². The molecule has 0 atom stereocenters. The van der Waals surface area contributed by atoms with Gasteiger partial charge in [0.25, 0.3) is 5.91 Å². The molecule has 4 rings (SSSR count). The van der Waals surface area contributed by atoms with Gasteiger partial charge in [-0.05, 0) is 31.5 Å². The number of carbonyl (C=O) groups is 2. The number of imidazole rings is 1. The first-order chi connectivity index (χ1) is 13.0. The first-order valence-corrected chi connectivity index (χ1v) is 9.66. The van der Waals surface area contributed by atoms with Gasteiger partial charge in [0.2, 0.25) is 0 Å². The molecule has 2 aromatic heterocycles. The fourth-order valence-corrected chi connectivity index (χ4v) is 4.37. The number of rotatable bonds is 5. The Balaban J connectivity index is 1.80. The third kappa shape index (κ3) is 2.86. The molecule has 1 aliphatic heterocycles. The van der Waals surface area contributed by atoms with Crippen molar-refractivity contribution in [3.8, 4) is 17.0 Å². The molecule has 8 heteroatoms. The number of fused-ring (bicyclic) bond motifs is 2. The van der Waals surface area contributed by atoms with E-state index in [2.05, 4.69) is 4.98 Å². The van der Waals surface area contributed by atoms with Crippen LogP contribution in [0.15, 0.2) is 24.4 Å². The second kappa shape index (κ2) is 6.70. The van der Waals surface area contributed by atoms with Gasteiger partial charge in [0.15, 0.2) is 11.6 Å². The number of carboxylic acids is 1. The maximum atomic E-state index is 12.1. The molecule has 0 spiro atoms. The van der Waals surface area contributed by atoms with Crippen molar-refractivity contribution in [2.45, 2.75) is 26.7 Å². The largest absolute Gasteiger partial charge is 0.482 e. The summed E-state index contributed by atoms with van der Waals surface area (Å²) >= 11 is 1.18. The van der Waals surface area contributed by atoms with Crippen LogP contribution in [0.3, 0.4) is 0 Å². The van der Waals surface area contributed by atoms with Crippen molar-refractivity contribution in [1.29, 1.82) is 0 Å². The third-order valence-corrected chi connectivity index (χ3v) is 5.70. The summed E-state index contributed by atoms with van der Waals surface area (Å²) < 4.78 is 7.38. The first kappa shape index (κ1) is 17.5. The van der Waals surface area contributed by atoms with Crippen LogP contribution < -0.4 is 9.64 Å². The van der Waals surface area contributed by atoms with E-state index in [4.69, 9.17) is 4.74 Å². The van der Waals surface area contributed by atoms with Crippen molar-refractivity contribution in [2.24, 2.45) is 0 Å². The van der Waals surface area contributed by atoms with Gasteiger partial charge in [0.1, 0.15) is 10.6 Å².